The molecule has 1 heterocycles. The minimum Gasteiger partial charge on any atom is -0.383 e. The predicted molar refractivity (Wildman–Crippen MR) is 81.3 cm³/mol. The quantitative estimate of drug-likeness (QED) is 0.604. The lowest BCUT2D eigenvalue weighted by Crippen LogP contribution is -2.32. The number of fused-ring (bicyclic) bond motifs is 1. The molecule has 0 fully saturated rings. The number of hydrogen-bond acceptors (Lipinski definition) is 5. The van der Waals surface area contributed by atoms with Gasteiger partial charge in [-0.1, -0.05) is 6.42 Å². The summed E-state index contributed by atoms with van der Waals surface area (Å²) in [4.78, 5) is 11.2. The van der Waals surface area contributed by atoms with Gasteiger partial charge in [0.2, 0.25) is 0 Å². The number of nitrogens with zero attached hydrogens (tertiary/aromatic N) is 3. The minimum atomic E-state index is 0.757. The molecule has 0 saturated carbocycles. The Morgan fingerprint density at radius 3 is 2.90 bits per heavy atom. The number of methoxy groups -OCH3 is 1. The highest BCUT2D eigenvalue weighted by molar-refractivity contribution is 5.48. The van der Waals surface area contributed by atoms with Crippen molar-refractivity contribution in [2.75, 3.05) is 45.3 Å². The van der Waals surface area contributed by atoms with Crippen molar-refractivity contribution in [2.24, 2.45) is 0 Å². The fraction of sp³-hybridized carbons (Fsp3) is 0.733. The predicted octanol–water partition coefficient (Wildman–Crippen LogP) is 1.42. The number of likely N-dealkylation sites (N-methyl/N-ethyl adjacent to an activating group) is 1. The van der Waals surface area contributed by atoms with Crippen LogP contribution < -0.4 is 10.2 Å². The molecule has 0 bridgehead atoms. The van der Waals surface area contributed by atoms with Crippen LogP contribution in [0.3, 0.4) is 0 Å². The van der Waals surface area contributed by atoms with Crippen LogP contribution in [0, 0.1) is 0 Å². The van der Waals surface area contributed by atoms with Crippen LogP contribution in [-0.4, -0.2) is 50.4 Å². The van der Waals surface area contributed by atoms with Gasteiger partial charge >= 0.3 is 0 Å². The van der Waals surface area contributed by atoms with Crippen LogP contribution >= 0.6 is 0 Å². The first-order valence-corrected chi connectivity index (χ1v) is 7.56. The number of anilines is 1. The molecular weight excluding hydrogens is 252 g/mol. The van der Waals surface area contributed by atoms with Gasteiger partial charge in [-0.05, 0) is 25.7 Å². The van der Waals surface area contributed by atoms with Gasteiger partial charge < -0.3 is 15.0 Å². The number of aromatic nitrogens is 2. The summed E-state index contributed by atoms with van der Waals surface area (Å²) in [6, 6.07) is 0. The molecule has 1 aromatic rings. The normalized spacial score (nSPS) is 14.7. The maximum Gasteiger partial charge on any atom is 0.135 e. The van der Waals surface area contributed by atoms with E-state index in [2.05, 4.69) is 27.2 Å². The lowest BCUT2D eigenvalue weighted by molar-refractivity contribution is 0.200. The first kappa shape index (κ1) is 15.2. The van der Waals surface area contributed by atoms with Crippen LogP contribution in [0.25, 0.3) is 0 Å². The summed E-state index contributed by atoms with van der Waals surface area (Å²) in [7, 11) is 3.84. The summed E-state index contributed by atoms with van der Waals surface area (Å²) in [5.41, 5.74) is 2.62. The van der Waals surface area contributed by atoms with Crippen molar-refractivity contribution in [3.05, 3.63) is 17.6 Å². The molecule has 20 heavy (non-hydrogen) atoms. The van der Waals surface area contributed by atoms with E-state index in [1.807, 2.05) is 0 Å². The number of nitrogens with one attached hydrogen (secondary N) is 1. The van der Waals surface area contributed by atoms with Gasteiger partial charge in [-0.2, -0.15) is 0 Å². The van der Waals surface area contributed by atoms with Gasteiger partial charge in [0.25, 0.3) is 0 Å². The maximum atomic E-state index is 5.03. The Labute approximate surface area is 121 Å². The second-order valence-electron chi connectivity index (χ2n) is 5.35. The summed E-state index contributed by atoms with van der Waals surface area (Å²) < 4.78 is 5.03. The second-order valence-corrected chi connectivity index (χ2v) is 5.35. The lowest BCUT2D eigenvalue weighted by Gasteiger charge is -2.22. The first-order chi connectivity index (χ1) is 9.83. The highest BCUT2D eigenvalue weighted by Crippen LogP contribution is 2.25. The van der Waals surface area contributed by atoms with E-state index in [1.54, 1.807) is 13.4 Å². The lowest BCUT2D eigenvalue weighted by atomic mass is 10.1. The standard InChI is InChI=1S/C15H26N4O/c1-19(10-8-16-9-11-20-2)15-13-6-4-3-5-7-14(13)17-12-18-15/h12,16H,3-11H2,1-2H3. The van der Waals surface area contributed by atoms with Crippen LogP contribution in [0.4, 0.5) is 5.82 Å². The molecule has 0 aliphatic heterocycles. The van der Waals surface area contributed by atoms with Gasteiger partial charge in [-0.15, -0.1) is 0 Å². The first-order valence-electron chi connectivity index (χ1n) is 7.56. The zero-order chi connectivity index (χ0) is 14.2. The molecule has 0 saturated heterocycles. The summed E-state index contributed by atoms with van der Waals surface area (Å²) >= 11 is 0. The monoisotopic (exact) mass is 278 g/mol. The van der Waals surface area contributed by atoms with E-state index in [-0.39, 0.29) is 0 Å². The zero-order valence-corrected chi connectivity index (χ0v) is 12.7. The Kier molecular flexibility index (Phi) is 6.21. The number of ether oxygens (including phenoxy) is 1. The van der Waals surface area contributed by atoms with Gasteiger partial charge in [0.05, 0.1) is 6.61 Å². The minimum absolute atomic E-state index is 0.757. The van der Waals surface area contributed by atoms with Crippen LogP contribution in [-0.2, 0) is 17.6 Å². The van der Waals surface area contributed by atoms with E-state index >= 15 is 0 Å². The smallest absolute Gasteiger partial charge is 0.135 e. The van der Waals surface area contributed by atoms with Crippen molar-refractivity contribution in [1.82, 2.24) is 15.3 Å². The molecule has 1 N–H and O–H groups in total. The van der Waals surface area contributed by atoms with E-state index < -0.39 is 0 Å². The van der Waals surface area contributed by atoms with Crippen molar-refractivity contribution in [2.45, 2.75) is 32.1 Å². The second kappa shape index (κ2) is 8.17. The summed E-state index contributed by atoms with van der Waals surface area (Å²) in [5, 5.41) is 3.37. The third-order valence-electron chi connectivity index (χ3n) is 3.82. The van der Waals surface area contributed by atoms with Crippen molar-refractivity contribution in [3.8, 4) is 0 Å². The molecule has 1 aliphatic carbocycles. The molecule has 0 radical (unpaired) electrons. The highest BCUT2D eigenvalue weighted by atomic mass is 16.5. The molecule has 2 rings (SSSR count). The average Bonchev–Trinajstić information content (AvgIpc) is 2.71. The molecule has 112 valence electrons. The zero-order valence-electron chi connectivity index (χ0n) is 12.7. The van der Waals surface area contributed by atoms with Crippen molar-refractivity contribution >= 4 is 5.82 Å². The third kappa shape index (κ3) is 4.15. The van der Waals surface area contributed by atoms with Crippen LogP contribution in [0.1, 0.15) is 30.5 Å². The van der Waals surface area contributed by atoms with Crippen LogP contribution in [0.2, 0.25) is 0 Å². The largest absolute Gasteiger partial charge is 0.383 e. The SMILES string of the molecule is COCCNCCN(C)c1ncnc2c1CCCCC2. The van der Waals surface area contributed by atoms with E-state index in [9.17, 15) is 0 Å². The van der Waals surface area contributed by atoms with Gasteiger partial charge in [0.15, 0.2) is 0 Å². The molecule has 5 nitrogen and oxygen atoms in total. The molecule has 0 amide bonds. The van der Waals surface area contributed by atoms with Crippen molar-refractivity contribution in [3.63, 3.8) is 0 Å². The topological polar surface area (TPSA) is 50.3 Å². The van der Waals surface area contributed by atoms with E-state index in [0.29, 0.717) is 0 Å². The van der Waals surface area contributed by atoms with E-state index in [1.165, 1.54) is 30.5 Å². The molecule has 1 aliphatic rings. The number of aryl methyl sites for hydroxylation is 1. The van der Waals surface area contributed by atoms with Crippen molar-refractivity contribution < 1.29 is 4.74 Å². The van der Waals surface area contributed by atoms with E-state index in [0.717, 1.165) is 44.9 Å². The average molecular weight is 278 g/mol. The number of rotatable bonds is 7. The Balaban J connectivity index is 1.94. The van der Waals surface area contributed by atoms with Crippen LogP contribution in [0.15, 0.2) is 6.33 Å². The van der Waals surface area contributed by atoms with Gasteiger partial charge in [0, 0.05) is 45.0 Å². The summed E-state index contributed by atoms with van der Waals surface area (Å²) in [6.07, 6.45) is 7.75. The molecular formula is C15H26N4O. The van der Waals surface area contributed by atoms with Gasteiger partial charge in [0.1, 0.15) is 12.1 Å². The van der Waals surface area contributed by atoms with Crippen LogP contribution in [0.5, 0.6) is 0 Å². The molecule has 1 aromatic heterocycles. The van der Waals surface area contributed by atoms with Gasteiger partial charge in [-0.3, -0.25) is 0 Å². The maximum absolute atomic E-state index is 5.03. The molecule has 5 heteroatoms. The highest BCUT2D eigenvalue weighted by Gasteiger charge is 2.16. The van der Waals surface area contributed by atoms with E-state index in [4.69, 9.17) is 4.74 Å². The molecule has 0 unspecified atom stereocenters. The third-order valence-corrected chi connectivity index (χ3v) is 3.82. The fourth-order valence-corrected chi connectivity index (χ4v) is 2.66. The van der Waals surface area contributed by atoms with Gasteiger partial charge in [-0.25, -0.2) is 9.97 Å². The summed E-state index contributed by atoms with van der Waals surface area (Å²) in [5.74, 6) is 1.12. The summed E-state index contributed by atoms with van der Waals surface area (Å²) in [6.45, 7) is 3.55. The Morgan fingerprint density at radius 1 is 1.20 bits per heavy atom. The Bertz CT molecular complexity index is 411. The number of hydrogen-bond donors (Lipinski definition) is 1. The molecule has 0 atom stereocenters. The molecule has 0 aromatic carbocycles. The fourth-order valence-electron chi connectivity index (χ4n) is 2.66. The Morgan fingerprint density at radius 2 is 2.05 bits per heavy atom. The molecule has 0 spiro atoms. The van der Waals surface area contributed by atoms with Crippen molar-refractivity contribution in [1.29, 1.82) is 0 Å². The Hall–Kier alpha value is -1.20.